The van der Waals surface area contributed by atoms with Gasteiger partial charge in [0.15, 0.2) is 0 Å². The maximum atomic E-state index is 13.0. The first kappa shape index (κ1) is 22.9. The summed E-state index contributed by atoms with van der Waals surface area (Å²) in [6, 6.07) is 9.58. The van der Waals surface area contributed by atoms with Gasteiger partial charge in [-0.2, -0.15) is 13.2 Å². The molecular formula is C24H30F3N3O2. The zero-order valence-corrected chi connectivity index (χ0v) is 18.5. The van der Waals surface area contributed by atoms with Crippen LogP contribution in [0.4, 0.5) is 24.5 Å². The lowest BCUT2D eigenvalue weighted by Crippen LogP contribution is -2.33. The summed E-state index contributed by atoms with van der Waals surface area (Å²) in [5.41, 5.74) is 2.39. The van der Waals surface area contributed by atoms with Crippen molar-refractivity contribution in [3.63, 3.8) is 0 Å². The van der Waals surface area contributed by atoms with E-state index in [1.54, 1.807) is 6.07 Å². The van der Waals surface area contributed by atoms with Gasteiger partial charge in [-0.05, 0) is 44.5 Å². The Morgan fingerprint density at radius 3 is 2.59 bits per heavy atom. The number of benzene rings is 2. The Morgan fingerprint density at radius 2 is 1.81 bits per heavy atom. The number of amides is 1. The minimum Gasteiger partial charge on any atom is -0.380 e. The zero-order valence-electron chi connectivity index (χ0n) is 18.5. The molecule has 0 bridgehead atoms. The second kappa shape index (κ2) is 9.67. The second-order valence-corrected chi connectivity index (χ2v) is 8.39. The molecule has 0 N–H and O–H groups in total. The predicted octanol–water partition coefficient (Wildman–Crippen LogP) is 4.69. The maximum absolute atomic E-state index is 13.0. The first-order chi connectivity index (χ1) is 15.4. The zero-order chi connectivity index (χ0) is 22.7. The molecule has 0 unspecified atom stereocenters. The molecule has 32 heavy (non-hydrogen) atoms. The number of nitrogens with zero attached hydrogens (tertiary/aromatic N) is 3. The van der Waals surface area contributed by atoms with Gasteiger partial charge in [-0.3, -0.25) is 9.69 Å². The minimum atomic E-state index is -4.21. The SMILES string of the molecule is CCOCCN1CCCN(c2ccc3c4c(cccc24)C(=O)N3CCCC(F)(F)F)CC1. The lowest BCUT2D eigenvalue weighted by atomic mass is 10.0. The summed E-state index contributed by atoms with van der Waals surface area (Å²) in [4.78, 5) is 19.2. The van der Waals surface area contributed by atoms with Crippen molar-refractivity contribution in [1.29, 1.82) is 0 Å². The second-order valence-electron chi connectivity index (χ2n) is 8.39. The average Bonchev–Trinajstić information content (AvgIpc) is 2.91. The molecular weight excluding hydrogens is 419 g/mol. The van der Waals surface area contributed by atoms with Crippen molar-refractivity contribution in [3.05, 3.63) is 35.9 Å². The van der Waals surface area contributed by atoms with Crippen LogP contribution in [0.15, 0.2) is 30.3 Å². The van der Waals surface area contributed by atoms with E-state index >= 15 is 0 Å². The third-order valence-corrected chi connectivity index (χ3v) is 6.29. The highest BCUT2D eigenvalue weighted by Crippen LogP contribution is 2.42. The Morgan fingerprint density at radius 1 is 1.00 bits per heavy atom. The third-order valence-electron chi connectivity index (χ3n) is 6.29. The van der Waals surface area contributed by atoms with Crippen LogP contribution in [0, 0.1) is 0 Å². The van der Waals surface area contributed by atoms with Gasteiger partial charge in [-0.15, -0.1) is 0 Å². The fourth-order valence-electron chi connectivity index (χ4n) is 4.74. The Balaban J connectivity index is 1.54. The van der Waals surface area contributed by atoms with Gasteiger partial charge in [-0.25, -0.2) is 0 Å². The van der Waals surface area contributed by atoms with E-state index in [0.717, 1.165) is 74.5 Å². The van der Waals surface area contributed by atoms with Crippen molar-refractivity contribution in [1.82, 2.24) is 4.90 Å². The first-order valence-electron chi connectivity index (χ1n) is 11.4. The molecule has 0 aromatic heterocycles. The summed E-state index contributed by atoms with van der Waals surface area (Å²) in [6.45, 7) is 8.24. The number of alkyl halides is 3. The Kier molecular flexibility index (Phi) is 6.90. The number of hydrogen-bond acceptors (Lipinski definition) is 4. The summed E-state index contributed by atoms with van der Waals surface area (Å²) in [5.74, 6) is -0.206. The van der Waals surface area contributed by atoms with E-state index < -0.39 is 12.6 Å². The van der Waals surface area contributed by atoms with Gasteiger partial charge in [0.25, 0.3) is 5.91 Å². The molecule has 1 amide bonds. The Hall–Kier alpha value is -2.32. The van der Waals surface area contributed by atoms with E-state index in [1.165, 1.54) is 4.90 Å². The van der Waals surface area contributed by atoms with Crippen LogP contribution in [0.2, 0.25) is 0 Å². The van der Waals surface area contributed by atoms with Crippen LogP contribution in [0.25, 0.3) is 10.8 Å². The fraction of sp³-hybridized carbons (Fsp3) is 0.542. The summed E-state index contributed by atoms with van der Waals surface area (Å²) in [6.07, 6.45) is -4.16. The molecule has 1 saturated heterocycles. The van der Waals surface area contributed by atoms with Crippen LogP contribution in [0.1, 0.15) is 36.5 Å². The van der Waals surface area contributed by atoms with Crippen LogP contribution in [0.3, 0.4) is 0 Å². The molecule has 0 atom stereocenters. The van der Waals surface area contributed by atoms with Crippen molar-refractivity contribution >= 4 is 28.1 Å². The lowest BCUT2D eigenvalue weighted by molar-refractivity contribution is -0.135. The summed E-state index contributed by atoms with van der Waals surface area (Å²) < 4.78 is 43.3. The number of halogens is 3. The van der Waals surface area contributed by atoms with Crippen LogP contribution < -0.4 is 9.80 Å². The normalized spacial score (nSPS) is 17.4. The van der Waals surface area contributed by atoms with Gasteiger partial charge in [0.2, 0.25) is 0 Å². The third kappa shape index (κ3) is 4.86. The van der Waals surface area contributed by atoms with Gasteiger partial charge in [0.1, 0.15) is 0 Å². The number of carbonyl (C=O) groups excluding carboxylic acids is 1. The molecule has 2 heterocycles. The highest BCUT2D eigenvalue weighted by atomic mass is 19.4. The quantitative estimate of drug-likeness (QED) is 0.548. The molecule has 4 rings (SSSR count). The molecule has 0 radical (unpaired) electrons. The lowest BCUT2D eigenvalue weighted by Gasteiger charge is -2.26. The fourth-order valence-corrected chi connectivity index (χ4v) is 4.74. The van der Waals surface area contributed by atoms with Gasteiger partial charge >= 0.3 is 6.18 Å². The highest BCUT2D eigenvalue weighted by molar-refractivity contribution is 6.26. The summed E-state index contributed by atoms with van der Waals surface area (Å²) in [7, 11) is 0. The van der Waals surface area contributed by atoms with Crippen molar-refractivity contribution in [2.75, 3.05) is 62.3 Å². The predicted molar refractivity (Wildman–Crippen MR) is 121 cm³/mol. The van der Waals surface area contributed by atoms with E-state index in [4.69, 9.17) is 4.74 Å². The molecule has 174 valence electrons. The van der Waals surface area contributed by atoms with Crippen molar-refractivity contribution in [2.45, 2.75) is 32.4 Å². The number of anilines is 2. The molecule has 0 aliphatic carbocycles. The van der Waals surface area contributed by atoms with Crippen LogP contribution in [-0.4, -0.2) is 69.5 Å². The van der Waals surface area contributed by atoms with Crippen molar-refractivity contribution in [3.8, 4) is 0 Å². The van der Waals surface area contributed by atoms with E-state index in [-0.39, 0.29) is 18.9 Å². The molecule has 2 aromatic carbocycles. The minimum absolute atomic E-state index is 0.0694. The maximum Gasteiger partial charge on any atom is 0.389 e. The van der Waals surface area contributed by atoms with Gasteiger partial charge in [0, 0.05) is 67.8 Å². The standard InChI is InChI=1S/C24H30F3N3O2/c1-2-32-17-16-28-11-5-12-29(15-14-28)20-8-9-21-22-18(20)6-3-7-19(22)23(31)30(21)13-4-10-24(25,26)27/h3,6-9H,2,4-5,10-17H2,1H3. The smallest absolute Gasteiger partial charge is 0.380 e. The Bertz CT molecular complexity index is 963. The molecule has 1 fully saturated rings. The van der Waals surface area contributed by atoms with Crippen LogP contribution in [0.5, 0.6) is 0 Å². The molecule has 2 aliphatic rings. The van der Waals surface area contributed by atoms with Crippen molar-refractivity contribution < 1.29 is 22.7 Å². The number of hydrogen-bond donors (Lipinski definition) is 0. The molecule has 0 spiro atoms. The van der Waals surface area contributed by atoms with E-state index in [9.17, 15) is 18.0 Å². The average molecular weight is 450 g/mol. The Labute approximate surface area is 186 Å². The van der Waals surface area contributed by atoms with Gasteiger partial charge in [-0.1, -0.05) is 12.1 Å². The van der Waals surface area contributed by atoms with Crippen LogP contribution >= 0.6 is 0 Å². The number of rotatable bonds is 8. The van der Waals surface area contributed by atoms with E-state index in [1.807, 2.05) is 31.2 Å². The summed E-state index contributed by atoms with van der Waals surface area (Å²) >= 11 is 0. The largest absolute Gasteiger partial charge is 0.389 e. The van der Waals surface area contributed by atoms with E-state index in [0.29, 0.717) is 5.56 Å². The number of ether oxygens (including phenoxy) is 1. The van der Waals surface area contributed by atoms with Gasteiger partial charge in [0.05, 0.1) is 12.3 Å². The van der Waals surface area contributed by atoms with Gasteiger partial charge < -0.3 is 14.5 Å². The topological polar surface area (TPSA) is 36.0 Å². The monoisotopic (exact) mass is 449 g/mol. The molecule has 8 heteroatoms. The van der Waals surface area contributed by atoms with E-state index in [2.05, 4.69) is 9.80 Å². The van der Waals surface area contributed by atoms with Crippen molar-refractivity contribution in [2.24, 2.45) is 0 Å². The molecule has 2 aliphatic heterocycles. The highest BCUT2D eigenvalue weighted by Gasteiger charge is 2.33. The molecule has 2 aromatic rings. The first-order valence-corrected chi connectivity index (χ1v) is 11.4. The van der Waals surface area contributed by atoms with Crippen LogP contribution in [-0.2, 0) is 4.74 Å². The molecule has 5 nitrogen and oxygen atoms in total. The molecule has 0 saturated carbocycles. The summed E-state index contributed by atoms with van der Waals surface area (Å²) in [5, 5.41) is 1.86. The number of carbonyl (C=O) groups is 1.